The summed E-state index contributed by atoms with van der Waals surface area (Å²) in [6.45, 7) is 10.1. The lowest BCUT2D eigenvalue weighted by molar-refractivity contribution is -0.304. The number of anilines is 1. The van der Waals surface area contributed by atoms with Gasteiger partial charge in [-0.3, -0.25) is 24.1 Å². The smallest absolute Gasteiger partial charge is 0.404 e. The normalized spacial score (nSPS) is 26.6. The second kappa shape index (κ2) is 20.4. The lowest BCUT2D eigenvalue weighted by Crippen LogP contribution is -2.67. The van der Waals surface area contributed by atoms with Gasteiger partial charge in [-0.1, -0.05) is 23.8 Å². The Hall–Kier alpha value is -7.80. The summed E-state index contributed by atoms with van der Waals surface area (Å²) < 4.78 is 27.9. The van der Waals surface area contributed by atoms with Gasteiger partial charge in [0.1, 0.15) is 46.0 Å². The first-order chi connectivity index (χ1) is 35.4. The third-order valence-electron chi connectivity index (χ3n) is 14.3. The number of aliphatic hydroxyl groups excluding tert-OH is 3. The monoisotopic (exact) mass is 1060 g/mol. The summed E-state index contributed by atoms with van der Waals surface area (Å²) in [5.74, 6) is -8.99. The fourth-order valence-corrected chi connectivity index (χ4v) is 10.6. The van der Waals surface area contributed by atoms with Gasteiger partial charge in [0, 0.05) is 35.6 Å². The van der Waals surface area contributed by atoms with Crippen LogP contribution < -0.4 is 27.1 Å². The summed E-state index contributed by atoms with van der Waals surface area (Å²) in [5.41, 5.74) is 3.99. The Kier molecular flexibility index (Phi) is 15.0. The number of aliphatic hydroxyl groups is 5. The zero-order chi connectivity index (χ0) is 56.4. The Morgan fingerprint density at radius 3 is 2.22 bits per heavy atom. The number of nitrogens with two attached hydrogens (primary N) is 2. The molecule has 4 aromatic rings. The number of fused-ring (bicyclic) bond motifs is 4. The molecule has 8 rings (SSSR count). The molecule has 3 amide bonds. The number of likely N-dealkylation sites (N-methyl/N-ethyl adjacent to an activating group) is 1. The molecule has 4 aliphatic rings. The molecule has 1 saturated carbocycles. The molecular formula is C53H60N4O19. The van der Waals surface area contributed by atoms with Gasteiger partial charge in [-0.25, -0.2) is 9.59 Å². The lowest BCUT2D eigenvalue weighted by atomic mass is 9.54. The predicted octanol–water partition coefficient (Wildman–Crippen LogP) is 3.26. The Morgan fingerprint density at radius 2 is 1.62 bits per heavy atom. The van der Waals surface area contributed by atoms with Gasteiger partial charge in [-0.2, -0.15) is 0 Å². The molecule has 1 saturated heterocycles. The topological polar surface area (TPSA) is 382 Å². The number of phenols is 2. The van der Waals surface area contributed by atoms with Crippen LogP contribution in [-0.4, -0.2) is 138 Å². The number of hydrogen-bond acceptors (Lipinski definition) is 20. The first-order valence-electron chi connectivity index (χ1n) is 23.7. The van der Waals surface area contributed by atoms with E-state index in [9.17, 15) is 69.6 Å². The number of methoxy groups -OCH3 is 1. The molecule has 0 unspecified atom stereocenters. The highest BCUT2D eigenvalue weighted by molar-refractivity contribution is 6.24. The Labute approximate surface area is 433 Å². The van der Waals surface area contributed by atoms with Crippen molar-refractivity contribution in [3.8, 4) is 23.0 Å². The number of hydrogen-bond donors (Lipinski definition) is 11. The van der Waals surface area contributed by atoms with Crippen molar-refractivity contribution in [2.24, 2.45) is 23.3 Å². The number of amides is 3. The summed E-state index contributed by atoms with van der Waals surface area (Å²) in [6, 6.07) is 10.1. The van der Waals surface area contributed by atoms with Gasteiger partial charge < -0.3 is 81.0 Å². The molecular weight excluding hydrogens is 997 g/mol. The van der Waals surface area contributed by atoms with Crippen molar-refractivity contribution < 1.29 is 88.2 Å². The van der Waals surface area contributed by atoms with Crippen molar-refractivity contribution >= 4 is 51.9 Å². The number of benzene rings is 3. The molecule has 1 aromatic heterocycles. The molecule has 9 atom stereocenters. The van der Waals surface area contributed by atoms with Crippen LogP contribution in [0.3, 0.4) is 0 Å². The lowest BCUT2D eigenvalue weighted by Gasteiger charge is -2.53. The van der Waals surface area contributed by atoms with E-state index < -0.39 is 134 Å². The zero-order valence-electron chi connectivity index (χ0n) is 42.8. The summed E-state index contributed by atoms with van der Waals surface area (Å²) in [5, 5.41) is 89.5. The van der Waals surface area contributed by atoms with Crippen LogP contribution in [0.1, 0.15) is 73.7 Å². The highest BCUT2D eigenvalue weighted by Gasteiger charge is 2.66. The molecule has 406 valence electrons. The molecule has 23 heteroatoms. The number of rotatable bonds is 10. The quantitative estimate of drug-likeness (QED) is 0.0617. The van der Waals surface area contributed by atoms with Crippen molar-refractivity contribution in [1.29, 1.82) is 0 Å². The molecule has 0 radical (unpaired) electrons. The van der Waals surface area contributed by atoms with Crippen LogP contribution in [0.15, 0.2) is 86.3 Å². The van der Waals surface area contributed by atoms with E-state index >= 15 is 0 Å². The average molecular weight is 1060 g/mol. The van der Waals surface area contributed by atoms with Gasteiger partial charge in [-0.05, 0) is 116 Å². The molecule has 3 aliphatic carbocycles. The van der Waals surface area contributed by atoms with E-state index in [0.717, 1.165) is 5.57 Å². The molecule has 2 heterocycles. The fraction of sp³-hybridized carbons (Fsp3) is 0.396. The van der Waals surface area contributed by atoms with E-state index in [1.54, 1.807) is 20.8 Å². The number of aryl methyl sites for hydroxylation is 1. The number of aromatic hydroxyl groups is 3. The van der Waals surface area contributed by atoms with Gasteiger partial charge in [0.25, 0.3) is 11.8 Å². The van der Waals surface area contributed by atoms with Crippen molar-refractivity contribution in [3.05, 3.63) is 115 Å². The summed E-state index contributed by atoms with van der Waals surface area (Å²) >= 11 is 0. The number of nitrogens with zero attached hydrogens (tertiary/aromatic N) is 1. The van der Waals surface area contributed by atoms with Crippen LogP contribution in [0.5, 0.6) is 23.0 Å². The van der Waals surface area contributed by atoms with Gasteiger partial charge in [0.2, 0.25) is 12.1 Å². The van der Waals surface area contributed by atoms with Gasteiger partial charge in [0.05, 0.1) is 28.2 Å². The minimum Gasteiger partial charge on any atom is -0.508 e. The molecule has 0 bridgehead atoms. The third kappa shape index (κ3) is 9.49. The van der Waals surface area contributed by atoms with E-state index in [1.807, 2.05) is 19.9 Å². The predicted molar refractivity (Wildman–Crippen MR) is 269 cm³/mol. The van der Waals surface area contributed by atoms with Crippen LogP contribution in [0.2, 0.25) is 0 Å². The number of ketones is 2. The average Bonchev–Trinajstić information content (AvgIpc) is 3.43. The van der Waals surface area contributed by atoms with Crippen molar-refractivity contribution in [2.45, 2.75) is 102 Å². The summed E-state index contributed by atoms with van der Waals surface area (Å²) in [4.78, 5) is 77.5. The third-order valence-corrected chi connectivity index (χ3v) is 14.3. The standard InChI is InChI=1S/C31H36N2O11.C22H24N2O8/c1-14(2)7-8-16-13-17(9-11-19(16)34)27(37)33-21-22(35)18-10-12-20(15(3)24(18)42-28(21)38)41-29-23(36)25(43-30(32)39)26(40-6)31(4,5)44-29;1-21(31)8-5-4-6-11(25)12(8)16(26)13-9(21)7-10-15(24(2)3)17(27)14(20(23)30)19(29)22(10,32)18(13)28/h7,9-13,23,25-26,29,34-36H,8H2,1-6H3,(H2,32,39)(H,33,37);4-6,9-10,15,25-26,29,31-32H,7H2,1-3H3,(H2,23,30)/t23-,25+,26-,29-;9-,10-,15-,21+,22-/m10/s1. The number of Topliss-reactive ketones (excluding diaryl/α,β-unsaturated/α-hetero) is 2. The highest BCUT2D eigenvalue weighted by atomic mass is 16.7. The molecule has 1 aliphatic heterocycles. The minimum atomic E-state index is -2.75. The van der Waals surface area contributed by atoms with Crippen LogP contribution in [0, 0.1) is 18.8 Å². The number of carbonyl (C=O) groups excluding carboxylic acids is 5. The number of allylic oxidation sites excluding steroid dienone is 2. The molecule has 0 spiro atoms. The number of nitrogens with one attached hydrogen (secondary N) is 1. The highest BCUT2D eigenvalue weighted by Crippen LogP contribution is 2.57. The van der Waals surface area contributed by atoms with Crippen molar-refractivity contribution in [2.75, 3.05) is 26.5 Å². The Bertz CT molecular complexity index is 3240. The first-order valence-corrected chi connectivity index (χ1v) is 23.7. The minimum absolute atomic E-state index is 0.0183. The van der Waals surface area contributed by atoms with Gasteiger partial charge in [-0.15, -0.1) is 0 Å². The molecule has 3 aromatic carbocycles. The van der Waals surface area contributed by atoms with E-state index in [-0.39, 0.29) is 51.1 Å². The van der Waals surface area contributed by atoms with Crippen molar-refractivity contribution in [3.63, 3.8) is 0 Å². The first kappa shape index (κ1) is 55.9. The maximum atomic E-state index is 13.7. The summed E-state index contributed by atoms with van der Waals surface area (Å²) in [7, 11) is 4.38. The Balaban J connectivity index is 0.000000232. The second-order valence-electron chi connectivity index (χ2n) is 20.2. The van der Waals surface area contributed by atoms with Gasteiger partial charge >= 0.3 is 11.7 Å². The largest absolute Gasteiger partial charge is 0.508 e. The molecule has 13 N–H and O–H groups in total. The van der Waals surface area contributed by atoms with E-state index in [4.69, 9.17) is 34.8 Å². The van der Waals surface area contributed by atoms with E-state index in [1.165, 1.54) is 81.6 Å². The molecule has 76 heavy (non-hydrogen) atoms. The SMILES string of the molecule is CN(C)[C@@H]1C(=O)C(C(N)=O)=C(O)[C@@]2(O)C(=O)C3=C(O)c4c(O)cccc4[C@@](C)(O)[C@H]3C[C@@H]12.CO[C@@H]1[C@@H](OC(N)=O)[C@@H](O)[C@H](Oc2ccc3c(O)c(NC(=O)c4ccc(O)c(CC=C(C)C)c4)c(=O)oc3c2C)OC1(C)C. The Morgan fingerprint density at radius 1 is 0.947 bits per heavy atom. The number of ether oxygens (including phenoxy) is 4. The number of primary amides is 2. The van der Waals surface area contributed by atoms with Crippen LogP contribution in [0.25, 0.3) is 16.7 Å². The van der Waals surface area contributed by atoms with Gasteiger partial charge in [0.15, 0.2) is 35.0 Å². The maximum Gasteiger partial charge on any atom is 0.404 e. The van der Waals surface area contributed by atoms with E-state index in [2.05, 4.69) is 5.32 Å². The maximum absolute atomic E-state index is 13.7. The van der Waals surface area contributed by atoms with E-state index in [0.29, 0.717) is 12.0 Å². The van der Waals surface area contributed by atoms with Crippen molar-refractivity contribution in [1.82, 2.24) is 4.90 Å². The van der Waals surface area contributed by atoms with Crippen LogP contribution in [0.4, 0.5) is 10.5 Å². The van der Waals surface area contributed by atoms with Crippen LogP contribution >= 0.6 is 0 Å². The molecule has 23 nitrogen and oxygen atoms in total. The zero-order valence-corrected chi connectivity index (χ0v) is 42.8. The second-order valence-corrected chi connectivity index (χ2v) is 20.2. The summed E-state index contributed by atoms with van der Waals surface area (Å²) in [6.07, 6.45) is -4.01. The number of phenolic OH excluding ortho intramolecular Hbond substituents is 2. The van der Waals surface area contributed by atoms with Crippen LogP contribution in [-0.2, 0) is 40.6 Å². The number of carbonyl (C=O) groups is 5. The molecule has 2 fully saturated rings. The fourth-order valence-electron chi connectivity index (χ4n) is 10.6.